The molecule has 0 unspecified atom stereocenters. The Kier molecular flexibility index (Phi) is 8.23. The van der Waals surface area contributed by atoms with Gasteiger partial charge in [0.1, 0.15) is 5.82 Å². The maximum atomic E-state index is 14.3. The first kappa shape index (κ1) is 18.4. The van der Waals surface area contributed by atoms with E-state index >= 15 is 0 Å². The summed E-state index contributed by atoms with van der Waals surface area (Å²) in [6.45, 7) is 8.22. The molecule has 0 radical (unpaired) electrons. The van der Waals surface area contributed by atoms with Crippen LogP contribution in [0.25, 0.3) is 0 Å². The van der Waals surface area contributed by atoms with Gasteiger partial charge in [-0.25, -0.2) is 4.39 Å². The number of benzene rings is 1. The number of unbranched alkanes of at least 4 members (excludes halogenated alkanes) is 2. The maximum absolute atomic E-state index is 14.3. The monoisotopic (exact) mass is 314 g/mol. The largest absolute Gasteiger partial charge is 0.314 e. The Balaban J connectivity index is 0.00000220. The van der Waals surface area contributed by atoms with Crippen molar-refractivity contribution in [3.05, 3.63) is 35.1 Å². The fraction of sp³-hybridized carbons (Fsp3) is 0.647. The third-order valence-electron chi connectivity index (χ3n) is 4.19. The molecule has 1 aliphatic heterocycles. The summed E-state index contributed by atoms with van der Waals surface area (Å²) in [5, 5.41) is 3.38. The Hall–Kier alpha value is -0.640. The van der Waals surface area contributed by atoms with Gasteiger partial charge in [-0.2, -0.15) is 0 Å². The SMILES string of the molecule is CCCCC[C@H](c1ccc(C)cc1F)N1CCNCC1.Cl. The minimum absolute atomic E-state index is 0. The summed E-state index contributed by atoms with van der Waals surface area (Å²) in [6, 6.07) is 5.94. The quantitative estimate of drug-likeness (QED) is 0.796. The standard InChI is InChI=1S/C17H27FN2.ClH/c1-3-4-5-6-17(20-11-9-19-10-12-20)15-8-7-14(2)13-16(15)18;/h7-8,13,17,19H,3-6,9-12H2,1-2H3;1H/t17-;/m1./s1. The molecule has 0 aliphatic carbocycles. The van der Waals surface area contributed by atoms with E-state index in [1.165, 1.54) is 19.3 Å². The van der Waals surface area contributed by atoms with Crippen LogP contribution >= 0.6 is 12.4 Å². The van der Waals surface area contributed by atoms with Crippen molar-refractivity contribution < 1.29 is 4.39 Å². The van der Waals surface area contributed by atoms with E-state index in [2.05, 4.69) is 17.1 Å². The zero-order chi connectivity index (χ0) is 14.4. The summed E-state index contributed by atoms with van der Waals surface area (Å²) in [7, 11) is 0. The smallest absolute Gasteiger partial charge is 0.128 e. The van der Waals surface area contributed by atoms with Crippen molar-refractivity contribution in [1.29, 1.82) is 0 Å². The number of rotatable bonds is 6. The Morgan fingerprint density at radius 3 is 2.57 bits per heavy atom. The Labute approximate surface area is 134 Å². The predicted molar refractivity (Wildman–Crippen MR) is 89.7 cm³/mol. The highest BCUT2D eigenvalue weighted by Crippen LogP contribution is 2.29. The number of nitrogens with zero attached hydrogens (tertiary/aromatic N) is 1. The second kappa shape index (κ2) is 9.39. The zero-order valence-corrected chi connectivity index (χ0v) is 14.0. The third-order valence-corrected chi connectivity index (χ3v) is 4.19. The number of hydrogen-bond acceptors (Lipinski definition) is 2. The van der Waals surface area contributed by atoms with Crippen LogP contribution in [0.1, 0.15) is 49.8 Å². The van der Waals surface area contributed by atoms with Gasteiger partial charge in [-0.1, -0.05) is 38.3 Å². The molecule has 1 N–H and O–H groups in total. The van der Waals surface area contributed by atoms with Gasteiger partial charge in [-0.15, -0.1) is 12.4 Å². The molecule has 21 heavy (non-hydrogen) atoms. The van der Waals surface area contributed by atoms with Crippen LogP contribution in [0.5, 0.6) is 0 Å². The third kappa shape index (κ3) is 5.24. The number of aryl methyl sites for hydroxylation is 1. The molecule has 1 heterocycles. The predicted octanol–water partition coefficient (Wildman–Crippen LogP) is 4.08. The molecule has 4 heteroatoms. The van der Waals surface area contributed by atoms with Crippen LogP contribution < -0.4 is 5.32 Å². The summed E-state index contributed by atoms with van der Waals surface area (Å²) in [4.78, 5) is 2.44. The van der Waals surface area contributed by atoms with E-state index in [1.807, 2.05) is 19.1 Å². The van der Waals surface area contributed by atoms with Crippen LogP contribution in [0.3, 0.4) is 0 Å². The Morgan fingerprint density at radius 2 is 1.95 bits per heavy atom. The second-order valence-corrected chi connectivity index (χ2v) is 5.82. The van der Waals surface area contributed by atoms with Crippen molar-refractivity contribution in [2.45, 2.75) is 45.6 Å². The molecule has 2 rings (SSSR count). The van der Waals surface area contributed by atoms with E-state index in [4.69, 9.17) is 0 Å². The fourth-order valence-corrected chi connectivity index (χ4v) is 3.02. The Morgan fingerprint density at radius 1 is 1.24 bits per heavy atom. The van der Waals surface area contributed by atoms with E-state index in [0.717, 1.165) is 43.7 Å². The summed E-state index contributed by atoms with van der Waals surface area (Å²) in [6.07, 6.45) is 4.69. The first-order valence-corrected chi connectivity index (χ1v) is 7.93. The lowest BCUT2D eigenvalue weighted by molar-refractivity contribution is 0.159. The molecule has 0 bridgehead atoms. The fourth-order valence-electron chi connectivity index (χ4n) is 3.02. The van der Waals surface area contributed by atoms with Crippen LogP contribution in [0.15, 0.2) is 18.2 Å². The first-order chi connectivity index (χ1) is 9.72. The molecule has 1 saturated heterocycles. The minimum Gasteiger partial charge on any atom is -0.314 e. The van der Waals surface area contributed by atoms with E-state index in [0.29, 0.717) is 0 Å². The molecule has 2 nitrogen and oxygen atoms in total. The lowest BCUT2D eigenvalue weighted by atomic mass is 9.96. The number of halogens is 2. The highest BCUT2D eigenvalue weighted by molar-refractivity contribution is 5.85. The molecular formula is C17H28ClFN2. The molecule has 1 fully saturated rings. The van der Waals surface area contributed by atoms with E-state index in [1.54, 1.807) is 6.07 Å². The van der Waals surface area contributed by atoms with Gasteiger partial charge in [0.2, 0.25) is 0 Å². The van der Waals surface area contributed by atoms with E-state index in [-0.39, 0.29) is 24.3 Å². The van der Waals surface area contributed by atoms with Crippen molar-refractivity contribution in [2.24, 2.45) is 0 Å². The van der Waals surface area contributed by atoms with Crippen molar-refractivity contribution in [2.75, 3.05) is 26.2 Å². The second-order valence-electron chi connectivity index (χ2n) is 5.82. The zero-order valence-electron chi connectivity index (χ0n) is 13.2. The molecule has 1 aromatic rings. The van der Waals surface area contributed by atoms with Crippen LogP contribution in [0.2, 0.25) is 0 Å². The molecule has 0 aromatic heterocycles. The highest BCUT2D eigenvalue weighted by Gasteiger charge is 2.24. The van der Waals surface area contributed by atoms with Gasteiger partial charge in [0.15, 0.2) is 0 Å². The van der Waals surface area contributed by atoms with Gasteiger partial charge in [-0.3, -0.25) is 4.90 Å². The molecule has 1 atom stereocenters. The van der Waals surface area contributed by atoms with Gasteiger partial charge in [0.25, 0.3) is 0 Å². The van der Waals surface area contributed by atoms with Crippen molar-refractivity contribution >= 4 is 12.4 Å². The van der Waals surface area contributed by atoms with Crippen molar-refractivity contribution in [1.82, 2.24) is 10.2 Å². The van der Waals surface area contributed by atoms with Crippen molar-refractivity contribution in [3.63, 3.8) is 0 Å². The van der Waals surface area contributed by atoms with Crippen LogP contribution in [0, 0.1) is 12.7 Å². The van der Waals surface area contributed by atoms with Gasteiger partial charge < -0.3 is 5.32 Å². The van der Waals surface area contributed by atoms with Gasteiger partial charge in [-0.05, 0) is 25.0 Å². The number of piperazine rings is 1. The summed E-state index contributed by atoms with van der Waals surface area (Å²) >= 11 is 0. The maximum Gasteiger partial charge on any atom is 0.128 e. The Bertz CT molecular complexity index is 419. The van der Waals surface area contributed by atoms with Gasteiger partial charge in [0.05, 0.1) is 0 Å². The molecular weight excluding hydrogens is 287 g/mol. The van der Waals surface area contributed by atoms with Gasteiger partial charge >= 0.3 is 0 Å². The van der Waals surface area contributed by atoms with Crippen LogP contribution in [-0.4, -0.2) is 31.1 Å². The van der Waals surface area contributed by atoms with Crippen LogP contribution in [0.4, 0.5) is 4.39 Å². The van der Waals surface area contributed by atoms with E-state index in [9.17, 15) is 4.39 Å². The first-order valence-electron chi connectivity index (χ1n) is 7.93. The summed E-state index contributed by atoms with van der Waals surface area (Å²) in [5.41, 5.74) is 1.88. The van der Waals surface area contributed by atoms with Gasteiger partial charge in [0, 0.05) is 37.8 Å². The molecule has 0 amide bonds. The topological polar surface area (TPSA) is 15.3 Å². The van der Waals surface area contributed by atoms with Crippen LogP contribution in [-0.2, 0) is 0 Å². The van der Waals surface area contributed by atoms with Crippen molar-refractivity contribution in [3.8, 4) is 0 Å². The average Bonchev–Trinajstić information content (AvgIpc) is 2.46. The number of hydrogen-bond donors (Lipinski definition) is 1. The molecule has 1 aliphatic rings. The summed E-state index contributed by atoms with van der Waals surface area (Å²) in [5.74, 6) is -0.0370. The van der Waals surface area contributed by atoms with E-state index < -0.39 is 0 Å². The lowest BCUT2D eigenvalue weighted by Gasteiger charge is -2.35. The summed E-state index contributed by atoms with van der Waals surface area (Å²) < 4.78 is 14.3. The molecule has 120 valence electrons. The normalized spacial score (nSPS) is 17.3. The molecule has 1 aromatic carbocycles. The lowest BCUT2D eigenvalue weighted by Crippen LogP contribution is -2.45. The molecule has 0 saturated carbocycles. The highest BCUT2D eigenvalue weighted by atomic mass is 35.5. The minimum atomic E-state index is -0.0370. The average molecular weight is 315 g/mol. The molecule has 0 spiro atoms. The number of nitrogens with one attached hydrogen (secondary N) is 1.